The smallest absolute Gasteiger partial charge is 0.265 e. The lowest BCUT2D eigenvalue weighted by molar-refractivity contribution is 0.0692. The minimum absolute atomic E-state index is 0.276. The van der Waals surface area contributed by atoms with Crippen molar-refractivity contribution in [2.45, 2.75) is 0 Å². The fourth-order valence-electron chi connectivity index (χ4n) is 2.09. The van der Waals surface area contributed by atoms with Gasteiger partial charge >= 0.3 is 0 Å². The zero-order valence-electron chi connectivity index (χ0n) is 11.1. The van der Waals surface area contributed by atoms with Crippen molar-refractivity contribution < 1.29 is 14.4 Å². The molecule has 3 rings (SSSR count). The number of fused-ring (bicyclic) bond motifs is 1. The molecule has 0 atom stereocenters. The molecule has 1 aliphatic heterocycles. The number of carbonyl (C=O) groups excluding carboxylic acids is 3. The van der Waals surface area contributed by atoms with Gasteiger partial charge in [-0.25, -0.2) is 0 Å². The highest BCUT2D eigenvalue weighted by Gasteiger charge is 2.32. The molecule has 3 amide bonds. The van der Waals surface area contributed by atoms with E-state index >= 15 is 0 Å². The first-order chi connectivity index (χ1) is 10.4. The van der Waals surface area contributed by atoms with Gasteiger partial charge in [0.05, 0.1) is 19.8 Å². The van der Waals surface area contributed by atoms with E-state index in [-0.39, 0.29) is 17.7 Å². The fourth-order valence-corrected chi connectivity index (χ4v) is 4.02. The third kappa shape index (κ3) is 2.51. The standard InChI is InChI=1S/C14H8Br2N2O3S/c1-18-13(20)7-3-2-6(4-8(7)14(18)21)17-12(19)10-5-9(15)11(16)22-10/h2-5H,1H3,(H,17,19). The molecule has 1 aromatic heterocycles. The highest BCUT2D eigenvalue weighted by Crippen LogP contribution is 2.33. The summed E-state index contributed by atoms with van der Waals surface area (Å²) in [5.41, 5.74) is 1.13. The first-order valence-corrected chi connectivity index (χ1v) is 8.51. The van der Waals surface area contributed by atoms with Crippen LogP contribution >= 0.6 is 43.2 Å². The van der Waals surface area contributed by atoms with E-state index in [1.807, 2.05) is 0 Å². The molecule has 0 aliphatic carbocycles. The Bertz CT molecular complexity index is 812. The van der Waals surface area contributed by atoms with Gasteiger partial charge in [0.15, 0.2) is 0 Å². The Balaban J connectivity index is 1.87. The predicted octanol–water partition coefficient (Wildman–Crippen LogP) is 3.75. The molecule has 1 aliphatic rings. The highest BCUT2D eigenvalue weighted by molar-refractivity contribution is 9.13. The number of imide groups is 1. The molecule has 0 bridgehead atoms. The lowest BCUT2D eigenvalue weighted by atomic mass is 10.1. The minimum Gasteiger partial charge on any atom is -0.321 e. The van der Waals surface area contributed by atoms with E-state index in [2.05, 4.69) is 37.2 Å². The van der Waals surface area contributed by atoms with Gasteiger partial charge in [-0.05, 0) is 56.1 Å². The van der Waals surface area contributed by atoms with Crippen LogP contribution < -0.4 is 5.32 Å². The van der Waals surface area contributed by atoms with Crippen molar-refractivity contribution in [2.75, 3.05) is 12.4 Å². The summed E-state index contributed by atoms with van der Waals surface area (Å²) in [7, 11) is 1.43. The molecule has 0 unspecified atom stereocenters. The van der Waals surface area contributed by atoms with Gasteiger partial charge in [0.25, 0.3) is 17.7 Å². The number of benzene rings is 1. The average Bonchev–Trinajstić information content (AvgIpc) is 2.93. The monoisotopic (exact) mass is 442 g/mol. The first-order valence-electron chi connectivity index (χ1n) is 6.11. The van der Waals surface area contributed by atoms with Crippen molar-refractivity contribution in [2.24, 2.45) is 0 Å². The van der Waals surface area contributed by atoms with Crippen LogP contribution in [0.1, 0.15) is 30.4 Å². The second kappa shape index (κ2) is 5.60. The number of anilines is 1. The zero-order chi connectivity index (χ0) is 16.0. The molecule has 0 saturated heterocycles. The van der Waals surface area contributed by atoms with E-state index in [0.29, 0.717) is 21.7 Å². The highest BCUT2D eigenvalue weighted by atomic mass is 79.9. The van der Waals surface area contributed by atoms with Crippen molar-refractivity contribution in [1.29, 1.82) is 0 Å². The fraction of sp³-hybridized carbons (Fsp3) is 0.0714. The predicted molar refractivity (Wildman–Crippen MR) is 90.5 cm³/mol. The number of rotatable bonds is 2. The molecule has 2 heterocycles. The van der Waals surface area contributed by atoms with E-state index in [4.69, 9.17) is 0 Å². The Labute approximate surface area is 146 Å². The van der Waals surface area contributed by atoms with E-state index in [0.717, 1.165) is 13.2 Å². The van der Waals surface area contributed by atoms with Crippen LogP contribution in [-0.2, 0) is 0 Å². The van der Waals surface area contributed by atoms with E-state index < -0.39 is 0 Å². The van der Waals surface area contributed by atoms with Gasteiger partial charge in [-0.1, -0.05) is 0 Å². The lowest BCUT2D eigenvalue weighted by Crippen LogP contribution is -2.24. The Hall–Kier alpha value is -1.51. The summed E-state index contributed by atoms with van der Waals surface area (Å²) < 4.78 is 1.63. The molecule has 0 saturated carbocycles. The summed E-state index contributed by atoms with van der Waals surface area (Å²) in [5, 5.41) is 2.73. The number of amides is 3. The summed E-state index contributed by atoms with van der Waals surface area (Å²) in [4.78, 5) is 37.5. The van der Waals surface area contributed by atoms with E-state index in [1.54, 1.807) is 18.2 Å². The average molecular weight is 444 g/mol. The molecule has 8 heteroatoms. The summed E-state index contributed by atoms with van der Waals surface area (Å²) in [6, 6.07) is 6.39. The SMILES string of the molecule is CN1C(=O)c2ccc(NC(=O)c3cc(Br)c(Br)s3)cc2C1=O. The third-order valence-electron chi connectivity index (χ3n) is 3.22. The van der Waals surface area contributed by atoms with Crippen molar-refractivity contribution in [1.82, 2.24) is 4.90 Å². The van der Waals surface area contributed by atoms with Crippen LogP contribution in [-0.4, -0.2) is 29.7 Å². The maximum absolute atomic E-state index is 12.2. The molecule has 1 aromatic carbocycles. The Morgan fingerprint density at radius 1 is 1.14 bits per heavy atom. The number of thiophene rings is 1. The lowest BCUT2D eigenvalue weighted by Gasteiger charge is -2.04. The Morgan fingerprint density at radius 2 is 1.82 bits per heavy atom. The molecular weight excluding hydrogens is 436 g/mol. The third-order valence-corrected chi connectivity index (χ3v) is 6.47. The van der Waals surface area contributed by atoms with Gasteiger partial charge in [-0.15, -0.1) is 11.3 Å². The normalized spacial score (nSPS) is 13.5. The molecule has 0 spiro atoms. The maximum Gasteiger partial charge on any atom is 0.265 e. The summed E-state index contributed by atoms with van der Waals surface area (Å²) in [5.74, 6) is -0.969. The van der Waals surface area contributed by atoms with Gasteiger partial charge in [0.1, 0.15) is 0 Å². The van der Waals surface area contributed by atoms with Gasteiger partial charge in [0.2, 0.25) is 0 Å². The molecule has 0 fully saturated rings. The number of hydrogen-bond donors (Lipinski definition) is 1. The van der Waals surface area contributed by atoms with Gasteiger partial charge < -0.3 is 5.32 Å². The van der Waals surface area contributed by atoms with Gasteiger partial charge in [-0.2, -0.15) is 0 Å². The zero-order valence-corrected chi connectivity index (χ0v) is 15.1. The van der Waals surface area contributed by atoms with Crippen LogP contribution in [0.3, 0.4) is 0 Å². The van der Waals surface area contributed by atoms with Crippen molar-refractivity contribution in [3.63, 3.8) is 0 Å². The van der Waals surface area contributed by atoms with Crippen LogP contribution in [0.25, 0.3) is 0 Å². The first kappa shape index (κ1) is 15.4. The molecule has 1 N–H and O–H groups in total. The van der Waals surface area contributed by atoms with Gasteiger partial charge in [-0.3, -0.25) is 19.3 Å². The van der Waals surface area contributed by atoms with Crippen molar-refractivity contribution >= 4 is 66.6 Å². The summed E-state index contributed by atoms with van der Waals surface area (Å²) in [6.45, 7) is 0. The number of nitrogens with zero attached hydrogens (tertiary/aromatic N) is 1. The van der Waals surface area contributed by atoms with Crippen LogP contribution in [0.4, 0.5) is 5.69 Å². The molecular formula is C14H8Br2N2O3S. The second-order valence-corrected chi connectivity index (χ2v) is 7.84. The molecule has 5 nitrogen and oxygen atoms in total. The molecule has 112 valence electrons. The van der Waals surface area contributed by atoms with E-state index in [9.17, 15) is 14.4 Å². The van der Waals surface area contributed by atoms with Crippen molar-refractivity contribution in [3.05, 3.63) is 48.5 Å². The topological polar surface area (TPSA) is 66.5 Å². The number of nitrogens with one attached hydrogen (secondary N) is 1. The Morgan fingerprint density at radius 3 is 2.45 bits per heavy atom. The molecule has 2 aromatic rings. The van der Waals surface area contributed by atoms with Crippen LogP contribution in [0.2, 0.25) is 0 Å². The van der Waals surface area contributed by atoms with E-state index in [1.165, 1.54) is 24.5 Å². The minimum atomic E-state index is -0.363. The van der Waals surface area contributed by atoms with Crippen LogP contribution in [0.15, 0.2) is 32.5 Å². The van der Waals surface area contributed by atoms with Gasteiger partial charge in [0, 0.05) is 17.2 Å². The molecule has 22 heavy (non-hydrogen) atoms. The number of halogens is 2. The molecule has 0 radical (unpaired) electrons. The maximum atomic E-state index is 12.2. The van der Waals surface area contributed by atoms with Crippen LogP contribution in [0.5, 0.6) is 0 Å². The summed E-state index contributed by atoms with van der Waals surface area (Å²) in [6.07, 6.45) is 0. The Kier molecular flexibility index (Phi) is 3.92. The number of hydrogen-bond acceptors (Lipinski definition) is 4. The van der Waals surface area contributed by atoms with Crippen molar-refractivity contribution in [3.8, 4) is 0 Å². The quantitative estimate of drug-likeness (QED) is 0.718. The summed E-state index contributed by atoms with van der Waals surface area (Å²) >= 11 is 7.96. The second-order valence-electron chi connectivity index (χ2n) is 4.62. The van der Waals surface area contributed by atoms with Crippen LogP contribution in [0, 0.1) is 0 Å². The number of carbonyl (C=O) groups is 3. The largest absolute Gasteiger partial charge is 0.321 e.